The molecule has 0 bridgehead atoms. The lowest BCUT2D eigenvalue weighted by Crippen LogP contribution is -2.24. The largest absolute Gasteiger partial charge is 0.435 e. The maximum absolute atomic E-state index is 12.9. The minimum atomic E-state index is -4.63. The Morgan fingerprint density at radius 1 is 1.30 bits per heavy atom. The number of carbonyl (C=O) groups excluding carboxylic acids is 1. The van der Waals surface area contributed by atoms with Gasteiger partial charge in [0.25, 0.3) is 5.91 Å². The zero-order valence-electron chi connectivity index (χ0n) is 12.2. The van der Waals surface area contributed by atoms with E-state index in [4.69, 9.17) is 0 Å². The Bertz CT molecular complexity index is 707. The highest BCUT2D eigenvalue weighted by atomic mass is 19.4. The van der Waals surface area contributed by atoms with Gasteiger partial charge in [-0.3, -0.25) is 9.48 Å². The Balaban J connectivity index is 1.79. The lowest BCUT2D eigenvalue weighted by molar-refractivity contribution is -0.140. The summed E-state index contributed by atoms with van der Waals surface area (Å²) >= 11 is 0. The number of rotatable bonds is 4. The summed E-state index contributed by atoms with van der Waals surface area (Å²) in [5.74, 6) is -0.147. The van der Waals surface area contributed by atoms with Crippen LogP contribution in [-0.2, 0) is 12.7 Å². The highest BCUT2D eigenvalue weighted by Crippen LogP contribution is 2.33. The van der Waals surface area contributed by atoms with E-state index in [0.717, 1.165) is 25.5 Å². The van der Waals surface area contributed by atoms with E-state index in [9.17, 15) is 18.0 Å². The maximum Gasteiger partial charge on any atom is 0.435 e. The van der Waals surface area contributed by atoms with Gasteiger partial charge in [0.05, 0.1) is 5.69 Å². The average Bonchev–Trinajstić information content (AvgIpc) is 2.90. The highest BCUT2D eigenvalue weighted by molar-refractivity contribution is 6.03. The molecule has 1 saturated carbocycles. The maximum atomic E-state index is 12.9. The van der Waals surface area contributed by atoms with Gasteiger partial charge in [-0.05, 0) is 37.0 Å². The Labute approximate surface area is 130 Å². The molecule has 0 atom stereocenters. The molecular formula is C15H15F3N4O. The minimum Gasteiger partial charge on any atom is -0.319 e. The van der Waals surface area contributed by atoms with Gasteiger partial charge < -0.3 is 5.32 Å². The number of nitrogens with one attached hydrogen (secondary N) is 1. The Kier molecular flexibility index (Phi) is 4.06. The second-order valence-corrected chi connectivity index (χ2v) is 5.55. The number of aromatic nitrogens is 3. The van der Waals surface area contributed by atoms with Crippen molar-refractivity contribution in [2.75, 3.05) is 5.32 Å². The molecule has 1 amide bonds. The van der Waals surface area contributed by atoms with Gasteiger partial charge in [0.1, 0.15) is 5.69 Å². The first-order valence-corrected chi connectivity index (χ1v) is 7.30. The number of anilines is 1. The van der Waals surface area contributed by atoms with Crippen LogP contribution in [0.5, 0.6) is 0 Å². The molecule has 1 N–H and O–H groups in total. The van der Waals surface area contributed by atoms with E-state index >= 15 is 0 Å². The molecule has 23 heavy (non-hydrogen) atoms. The van der Waals surface area contributed by atoms with E-state index in [1.165, 1.54) is 24.4 Å². The van der Waals surface area contributed by atoms with Crippen molar-refractivity contribution in [1.82, 2.24) is 14.8 Å². The summed E-state index contributed by atoms with van der Waals surface area (Å²) in [6.45, 7) is 0.606. The van der Waals surface area contributed by atoms with Crippen LogP contribution in [0, 0.1) is 5.92 Å². The third kappa shape index (κ3) is 3.35. The standard InChI is InChI=1S/C15H15F3N4O/c16-15(17,18)13-11(5-2-7-19-13)21-14(23)12-6-8-20-22(12)9-10-3-1-4-10/h2,5-8,10H,1,3-4,9H2,(H,21,23). The molecule has 122 valence electrons. The van der Waals surface area contributed by atoms with E-state index < -0.39 is 17.8 Å². The summed E-state index contributed by atoms with van der Waals surface area (Å²) < 4.78 is 40.3. The fourth-order valence-corrected chi connectivity index (χ4v) is 2.51. The summed E-state index contributed by atoms with van der Waals surface area (Å²) in [5.41, 5.74) is -1.23. The molecule has 0 spiro atoms. The molecule has 3 rings (SSSR count). The van der Waals surface area contributed by atoms with Gasteiger partial charge in [0.15, 0.2) is 5.69 Å². The van der Waals surface area contributed by atoms with Crippen LogP contribution in [0.4, 0.5) is 18.9 Å². The zero-order valence-corrected chi connectivity index (χ0v) is 12.2. The summed E-state index contributed by atoms with van der Waals surface area (Å²) in [6.07, 6.45) is 1.22. The van der Waals surface area contributed by atoms with Crippen LogP contribution in [0.2, 0.25) is 0 Å². The molecule has 0 unspecified atom stereocenters. The quantitative estimate of drug-likeness (QED) is 0.938. The molecular weight excluding hydrogens is 309 g/mol. The highest BCUT2D eigenvalue weighted by Gasteiger charge is 2.36. The van der Waals surface area contributed by atoms with Crippen LogP contribution in [-0.4, -0.2) is 20.7 Å². The van der Waals surface area contributed by atoms with Crippen molar-refractivity contribution >= 4 is 11.6 Å². The Hall–Kier alpha value is -2.38. The van der Waals surface area contributed by atoms with Crippen LogP contribution in [0.3, 0.4) is 0 Å². The second kappa shape index (κ2) is 6.02. The molecule has 8 heteroatoms. The lowest BCUT2D eigenvalue weighted by Gasteiger charge is -2.25. The molecule has 0 aromatic carbocycles. The molecule has 5 nitrogen and oxygen atoms in total. The Morgan fingerprint density at radius 3 is 2.74 bits per heavy atom. The van der Waals surface area contributed by atoms with Gasteiger partial charge in [-0.15, -0.1) is 0 Å². The molecule has 1 aliphatic rings. The van der Waals surface area contributed by atoms with Crippen molar-refractivity contribution in [3.05, 3.63) is 42.0 Å². The second-order valence-electron chi connectivity index (χ2n) is 5.55. The van der Waals surface area contributed by atoms with Crippen molar-refractivity contribution in [2.45, 2.75) is 32.0 Å². The predicted molar refractivity (Wildman–Crippen MR) is 76.8 cm³/mol. The fourth-order valence-electron chi connectivity index (χ4n) is 2.51. The number of carbonyl (C=O) groups is 1. The molecule has 0 aliphatic heterocycles. The summed E-state index contributed by atoms with van der Waals surface area (Å²) in [6, 6.07) is 4.02. The van der Waals surface area contributed by atoms with Crippen molar-refractivity contribution in [3.8, 4) is 0 Å². The zero-order chi connectivity index (χ0) is 16.4. The molecule has 2 aromatic heterocycles. The molecule has 2 heterocycles. The number of pyridine rings is 1. The van der Waals surface area contributed by atoms with Gasteiger partial charge in [0.2, 0.25) is 0 Å². The SMILES string of the molecule is O=C(Nc1cccnc1C(F)(F)F)c1ccnn1CC1CCC1. The van der Waals surface area contributed by atoms with E-state index in [0.29, 0.717) is 12.5 Å². The molecule has 2 aromatic rings. The smallest absolute Gasteiger partial charge is 0.319 e. The van der Waals surface area contributed by atoms with Crippen LogP contribution < -0.4 is 5.32 Å². The topological polar surface area (TPSA) is 59.8 Å². The van der Waals surface area contributed by atoms with Gasteiger partial charge in [-0.25, -0.2) is 4.98 Å². The van der Waals surface area contributed by atoms with E-state index in [-0.39, 0.29) is 11.4 Å². The third-order valence-electron chi connectivity index (χ3n) is 3.93. The van der Waals surface area contributed by atoms with Gasteiger partial charge in [-0.1, -0.05) is 6.42 Å². The van der Waals surface area contributed by atoms with E-state index in [1.54, 1.807) is 4.68 Å². The number of alkyl halides is 3. The number of nitrogens with zero attached hydrogens (tertiary/aromatic N) is 3. The molecule has 1 aliphatic carbocycles. The monoisotopic (exact) mass is 324 g/mol. The number of hydrogen-bond donors (Lipinski definition) is 1. The van der Waals surface area contributed by atoms with Crippen molar-refractivity contribution in [3.63, 3.8) is 0 Å². The average molecular weight is 324 g/mol. The van der Waals surface area contributed by atoms with Gasteiger partial charge in [-0.2, -0.15) is 18.3 Å². The molecule has 1 fully saturated rings. The van der Waals surface area contributed by atoms with Crippen LogP contribution in [0.1, 0.15) is 35.4 Å². The van der Waals surface area contributed by atoms with Crippen LogP contribution in [0.25, 0.3) is 0 Å². The first-order valence-electron chi connectivity index (χ1n) is 7.30. The Morgan fingerprint density at radius 2 is 2.09 bits per heavy atom. The van der Waals surface area contributed by atoms with Crippen molar-refractivity contribution in [2.24, 2.45) is 5.92 Å². The van der Waals surface area contributed by atoms with Crippen molar-refractivity contribution in [1.29, 1.82) is 0 Å². The third-order valence-corrected chi connectivity index (χ3v) is 3.93. The summed E-state index contributed by atoms with van der Waals surface area (Å²) in [4.78, 5) is 15.6. The number of halogens is 3. The normalized spacial score (nSPS) is 15.3. The summed E-state index contributed by atoms with van der Waals surface area (Å²) in [7, 11) is 0. The fraction of sp³-hybridized carbons (Fsp3) is 0.400. The first-order chi connectivity index (χ1) is 10.9. The minimum absolute atomic E-state index is 0.244. The van der Waals surface area contributed by atoms with Crippen LogP contribution >= 0.6 is 0 Å². The van der Waals surface area contributed by atoms with E-state index in [2.05, 4.69) is 15.4 Å². The van der Waals surface area contributed by atoms with Crippen molar-refractivity contribution < 1.29 is 18.0 Å². The molecule has 0 saturated heterocycles. The first kappa shape index (κ1) is 15.5. The number of hydrogen-bond acceptors (Lipinski definition) is 3. The predicted octanol–water partition coefficient (Wildman–Crippen LogP) is 3.35. The van der Waals surface area contributed by atoms with E-state index in [1.807, 2.05) is 0 Å². The number of amides is 1. The van der Waals surface area contributed by atoms with Crippen LogP contribution in [0.15, 0.2) is 30.6 Å². The summed E-state index contributed by atoms with van der Waals surface area (Å²) in [5, 5.41) is 6.38. The molecule has 0 radical (unpaired) electrons. The lowest BCUT2D eigenvalue weighted by atomic mass is 9.85. The van der Waals surface area contributed by atoms with Gasteiger partial charge >= 0.3 is 6.18 Å². The van der Waals surface area contributed by atoms with Gasteiger partial charge in [0, 0.05) is 18.9 Å².